The van der Waals surface area contributed by atoms with Crippen LogP contribution in [-0.4, -0.2) is 48.5 Å². The summed E-state index contributed by atoms with van der Waals surface area (Å²) in [5.41, 5.74) is 3.88. The number of imidazole rings is 2. The van der Waals surface area contributed by atoms with E-state index in [4.69, 9.17) is 10.5 Å². The van der Waals surface area contributed by atoms with Gasteiger partial charge in [-0.15, -0.1) is 0 Å². The Kier molecular flexibility index (Phi) is 4.74. The summed E-state index contributed by atoms with van der Waals surface area (Å²) in [4.78, 5) is 19.2. The first-order chi connectivity index (χ1) is 12.7. The molecule has 0 aliphatic carbocycles. The Morgan fingerprint density at radius 3 is 2.63 bits per heavy atom. The van der Waals surface area contributed by atoms with Crippen LogP contribution in [0.25, 0.3) is 17.1 Å². The Hall–Kier alpha value is -3.15. The van der Waals surface area contributed by atoms with E-state index in [1.165, 1.54) is 24.1 Å². The summed E-state index contributed by atoms with van der Waals surface area (Å²) >= 11 is 0. The second-order valence-corrected chi connectivity index (χ2v) is 5.69. The van der Waals surface area contributed by atoms with Crippen molar-refractivity contribution in [1.82, 2.24) is 28.9 Å². The third kappa shape index (κ3) is 3.56. The van der Waals surface area contributed by atoms with E-state index in [0.29, 0.717) is 13.2 Å². The minimum Gasteiger partial charge on any atom is -0.383 e. The third-order valence-corrected chi connectivity index (χ3v) is 3.88. The standard InChI is InChI=1S/C15H16F3N7O2/c1-23-10(5-20-14(23)13(19)26)9-6-25(22-12(9)15(16,17)18)11-7-24(8-21-11)3-4-27-2/h5-8H,3-4H2,1-2H3,(H2,19,26). The molecule has 9 nitrogen and oxygen atoms in total. The van der Waals surface area contributed by atoms with Crippen molar-refractivity contribution in [3.05, 3.63) is 36.4 Å². The lowest BCUT2D eigenvalue weighted by molar-refractivity contribution is -0.140. The lowest BCUT2D eigenvalue weighted by atomic mass is 10.2. The molecule has 2 N–H and O–H groups in total. The number of aromatic nitrogens is 6. The number of methoxy groups -OCH3 is 1. The first-order valence-corrected chi connectivity index (χ1v) is 7.72. The number of nitrogens with two attached hydrogens (primary N) is 1. The van der Waals surface area contributed by atoms with Crippen LogP contribution in [0.15, 0.2) is 24.9 Å². The Morgan fingerprint density at radius 1 is 1.30 bits per heavy atom. The van der Waals surface area contributed by atoms with Crippen LogP contribution in [0.2, 0.25) is 0 Å². The summed E-state index contributed by atoms with van der Waals surface area (Å²) in [5.74, 6) is -0.795. The van der Waals surface area contributed by atoms with Crippen LogP contribution in [0.5, 0.6) is 0 Å². The van der Waals surface area contributed by atoms with Crippen molar-refractivity contribution in [3.8, 4) is 17.1 Å². The van der Waals surface area contributed by atoms with Crippen molar-refractivity contribution in [1.29, 1.82) is 0 Å². The van der Waals surface area contributed by atoms with Gasteiger partial charge < -0.3 is 19.6 Å². The fourth-order valence-corrected chi connectivity index (χ4v) is 2.56. The summed E-state index contributed by atoms with van der Waals surface area (Å²) in [6.07, 6.45) is 0.643. The molecule has 0 fully saturated rings. The number of rotatable bonds is 6. The van der Waals surface area contributed by atoms with Gasteiger partial charge in [0.15, 0.2) is 17.3 Å². The van der Waals surface area contributed by atoms with Crippen molar-refractivity contribution < 1.29 is 22.7 Å². The summed E-state index contributed by atoms with van der Waals surface area (Å²) in [7, 11) is 2.95. The number of hydrogen-bond donors (Lipinski definition) is 1. The van der Waals surface area contributed by atoms with E-state index in [9.17, 15) is 18.0 Å². The highest BCUT2D eigenvalue weighted by molar-refractivity contribution is 5.90. The maximum absolute atomic E-state index is 13.5. The Labute approximate surface area is 151 Å². The predicted molar refractivity (Wildman–Crippen MR) is 86.9 cm³/mol. The molecular formula is C15H16F3N7O2. The minimum absolute atomic E-state index is 0.0567. The van der Waals surface area contributed by atoms with Crippen LogP contribution in [-0.2, 0) is 24.5 Å². The van der Waals surface area contributed by atoms with Gasteiger partial charge >= 0.3 is 6.18 Å². The molecule has 144 valence electrons. The maximum atomic E-state index is 13.5. The van der Waals surface area contributed by atoms with E-state index < -0.39 is 17.8 Å². The fourth-order valence-electron chi connectivity index (χ4n) is 2.56. The zero-order chi connectivity index (χ0) is 19.8. The highest BCUT2D eigenvalue weighted by Crippen LogP contribution is 2.36. The van der Waals surface area contributed by atoms with Gasteiger partial charge in [-0.3, -0.25) is 4.79 Å². The Bertz CT molecular complexity index is 971. The lowest BCUT2D eigenvalue weighted by Gasteiger charge is -2.07. The molecule has 27 heavy (non-hydrogen) atoms. The van der Waals surface area contributed by atoms with Gasteiger partial charge in [0.25, 0.3) is 5.91 Å². The van der Waals surface area contributed by atoms with Crippen LogP contribution in [0.4, 0.5) is 13.2 Å². The molecule has 3 aromatic heterocycles. The molecule has 0 saturated carbocycles. The molecular weight excluding hydrogens is 367 g/mol. The molecule has 0 aromatic carbocycles. The molecule has 3 rings (SSSR count). The van der Waals surface area contributed by atoms with Crippen LogP contribution in [0, 0.1) is 0 Å². The number of hydrogen-bond acceptors (Lipinski definition) is 5. The highest BCUT2D eigenvalue weighted by Gasteiger charge is 2.39. The minimum atomic E-state index is -4.71. The maximum Gasteiger partial charge on any atom is 0.435 e. The van der Waals surface area contributed by atoms with Gasteiger partial charge in [-0.2, -0.15) is 18.3 Å². The Morgan fingerprint density at radius 2 is 2.04 bits per heavy atom. The number of nitrogens with zero attached hydrogens (tertiary/aromatic N) is 6. The topological polar surface area (TPSA) is 106 Å². The lowest BCUT2D eigenvalue weighted by Crippen LogP contribution is -2.17. The van der Waals surface area contributed by atoms with Crippen LogP contribution >= 0.6 is 0 Å². The van der Waals surface area contributed by atoms with E-state index >= 15 is 0 Å². The first-order valence-electron chi connectivity index (χ1n) is 7.72. The fraction of sp³-hybridized carbons (Fsp3) is 0.333. The second-order valence-electron chi connectivity index (χ2n) is 5.69. The van der Waals surface area contributed by atoms with Gasteiger partial charge in [0.1, 0.15) is 0 Å². The van der Waals surface area contributed by atoms with E-state index in [2.05, 4.69) is 15.1 Å². The molecule has 0 saturated heterocycles. The highest BCUT2D eigenvalue weighted by atomic mass is 19.4. The molecule has 0 aliphatic rings. The molecule has 0 atom stereocenters. The van der Waals surface area contributed by atoms with Gasteiger partial charge in [-0.05, 0) is 0 Å². The largest absolute Gasteiger partial charge is 0.435 e. The smallest absolute Gasteiger partial charge is 0.383 e. The predicted octanol–water partition coefficient (Wildman–Crippen LogP) is 1.23. The summed E-state index contributed by atoms with van der Waals surface area (Å²) in [5, 5.41) is 3.64. The number of amides is 1. The zero-order valence-electron chi connectivity index (χ0n) is 14.4. The van der Waals surface area contributed by atoms with Gasteiger partial charge in [0.05, 0.1) is 30.4 Å². The monoisotopic (exact) mass is 383 g/mol. The number of primary amides is 1. The van der Waals surface area contributed by atoms with Gasteiger partial charge in [0, 0.05) is 33.1 Å². The van der Waals surface area contributed by atoms with Crippen molar-refractivity contribution in [2.24, 2.45) is 12.8 Å². The molecule has 3 heterocycles. The quantitative estimate of drug-likeness (QED) is 0.689. The van der Waals surface area contributed by atoms with Crippen molar-refractivity contribution in [2.75, 3.05) is 13.7 Å². The number of carbonyl (C=O) groups is 1. The van der Waals surface area contributed by atoms with Gasteiger partial charge in [-0.1, -0.05) is 0 Å². The Balaban J connectivity index is 2.07. The summed E-state index contributed by atoms with van der Waals surface area (Å²) in [6.45, 7) is 0.923. The number of carbonyl (C=O) groups excluding carboxylic acids is 1. The van der Waals surface area contributed by atoms with E-state index in [1.807, 2.05) is 0 Å². The summed E-state index contributed by atoms with van der Waals surface area (Å²) in [6, 6.07) is 0. The average Bonchev–Trinajstić information content (AvgIpc) is 3.29. The molecule has 1 amide bonds. The van der Waals surface area contributed by atoms with E-state index in [-0.39, 0.29) is 22.9 Å². The van der Waals surface area contributed by atoms with Crippen molar-refractivity contribution in [2.45, 2.75) is 12.7 Å². The van der Waals surface area contributed by atoms with Gasteiger partial charge in [-0.25, -0.2) is 14.6 Å². The molecule has 0 unspecified atom stereocenters. The number of halogens is 3. The molecule has 0 radical (unpaired) electrons. The van der Waals surface area contributed by atoms with Crippen molar-refractivity contribution >= 4 is 5.91 Å². The first kappa shape index (κ1) is 18.6. The molecule has 0 spiro atoms. The van der Waals surface area contributed by atoms with E-state index in [0.717, 1.165) is 10.9 Å². The molecule has 0 bridgehead atoms. The van der Waals surface area contributed by atoms with Gasteiger partial charge in [0.2, 0.25) is 0 Å². The zero-order valence-corrected chi connectivity index (χ0v) is 14.4. The van der Waals surface area contributed by atoms with E-state index in [1.54, 1.807) is 17.9 Å². The molecule has 3 aromatic rings. The summed E-state index contributed by atoms with van der Waals surface area (Å²) < 4.78 is 49.3. The molecule has 12 heteroatoms. The number of alkyl halides is 3. The number of ether oxygens (including phenoxy) is 1. The second kappa shape index (κ2) is 6.87. The third-order valence-electron chi connectivity index (χ3n) is 3.88. The SMILES string of the molecule is COCCn1cnc(-n2cc(-c3cnc(C(N)=O)n3C)c(C(F)(F)F)n2)c1. The van der Waals surface area contributed by atoms with Crippen LogP contribution in [0.3, 0.4) is 0 Å². The molecule has 0 aliphatic heterocycles. The van der Waals surface area contributed by atoms with Crippen LogP contribution < -0.4 is 5.73 Å². The van der Waals surface area contributed by atoms with Crippen LogP contribution in [0.1, 0.15) is 16.3 Å². The normalized spacial score (nSPS) is 11.9. The average molecular weight is 383 g/mol. The van der Waals surface area contributed by atoms with Crippen molar-refractivity contribution in [3.63, 3.8) is 0 Å².